The Labute approximate surface area is 62.4 Å². The van der Waals surface area contributed by atoms with Crippen LogP contribution in [-0.4, -0.2) is 11.2 Å². The number of aliphatic hydroxyl groups is 1. The van der Waals surface area contributed by atoms with Gasteiger partial charge in [0.05, 0.1) is 6.10 Å². The van der Waals surface area contributed by atoms with Crippen molar-refractivity contribution in [3.05, 3.63) is 0 Å². The maximum Gasteiger partial charge on any atom is 0.0573 e. The second-order valence-electron chi connectivity index (χ2n) is 4.12. The molecule has 3 unspecified atom stereocenters. The van der Waals surface area contributed by atoms with Gasteiger partial charge >= 0.3 is 0 Å². The molecule has 2 aliphatic carbocycles. The molecule has 0 amide bonds. The molecule has 3 atom stereocenters. The van der Waals surface area contributed by atoms with Gasteiger partial charge in [-0.2, -0.15) is 0 Å². The van der Waals surface area contributed by atoms with Crippen molar-refractivity contribution in [1.29, 1.82) is 0 Å². The van der Waals surface area contributed by atoms with Crippen molar-refractivity contribution in [1.82, 2.24) is 0 Å². The summed E-state index contributed by atoms with van der Waals surface area (Å²) in [6, 6.07) is 0. The zero-order valence-electron chi connectivity index (χ0n) is 6.59. The van der Waals surface area contributed by atoms with Crippen molar-refractivity contribution < 1.29 is 5.11 Å². The van der Waals surface area contributed by atoms with E-state index in [1.165, 1.54) is 19.3 Å². The fourth-order valence-electron chi connectivity index (χ4n) is 1.76. The average Bonchev–Trinajstić information content (AvgIpc) is 2.66. The molecule has 0 heterocycles. The van der Waals surface area contributed by atoms with Gasteiger partial charge in [-0.25, -0.2) is 0 Å². The van der Waals surface area contributed by atoms with Crippen molar-refractivity contribution in [2.24, 2.45) is 17.8 Å². The van der Waals surface area contributed by atoms with Gasteiger partial charge in [0.15, 0.2) is 0 Å². The van der Waals surface area contributed by atoms with Gasteiger partial charge in [0.25, 0.3) is 0 Å². The molecule has 2 fully saturated rings. The SMILES string of the molecule is CC1CC1C(O)CC1CC1. The van der Waals surface area contributed by atoms with Crippen LogP contribution in [0.4, 0.5) is 0 Å². The Morgan fingerprint density at radius 3 is 2.50 bits per heavy atom. The van der Waals surface area contributed by atoms with Crippen LogP contribution in [0, 0.1) is 17.8 Å². The third-order valence-electron chi connectivity index (χ3n) is 2.94. The van der Waals surface area contributed by atoms with Crippen LogP contribution in [0.15, 0.2) is 0 Å². The summed E-state index contributed by atoms with van der Waals surface area (Å²) in [6.45, 7) is 2.24. The molecule has 0 aromatic heterocycles. The molecule has 0 aliphatic heterocycles. The van der Waals surface area contributed by atoms with E-state index < -0.39 is 0 Å². The van der Waals surface area contributed by atoms with Crippen LogP contribution in [0.3, 0.4) is 0 Å². The molecule has 58 valence electrons. The highest BCUT2D eigenvalue weighted by molar-refractivity contribution is 4.90. The lowest BCUT2D eigenvalue weighted by atomic mass is 10.1. The first-order valence-electron chi connectivity index (χ1n) is 4.45. The van der Waals surface area contributed by atoms with E-state index in [4.69, 9.17) is 0 Å². The van der Waals surface area contributed by atoms with Gasteiger partial charge in [-0.1, -0.05) is 19.8 Å². The summed E-state index contributed by atoms with van der Waals surface area (Å²) in [6.07, 6.45) is 5.15. The maximum absolute atomic E-state index is 9.57. The fourth-order valence-corrected chi connectivity index (χ4v) is 1.76. The number of hydrogen-bond acceptors (Lipinski definition) is 1. The molecule has 10 heavy (non-hydrogen) atoms. The normalized spacial score (nSPS) is 41.4. The second-order valence-corrected chi connectivity index (χ2v) is 4.12. The molecule has 2 saturated carbocycles. The van der Waals surface area contributed by atoms with E-state index >= 15 is 0 Å². The molecular weight excluding hydrogens is 124 g/mol. The standard InChI is InChI=1S/C9H16O/c1-6-4-8(6)9(10)5-7-2-3-7/h6-10H,2-5H2,1H3. The van der Waals surface area contributed by atoms with Crippen LogP contribution in [0.5, 0.6) is 0 Å². The molecule has 0 saturated heterocycles. The lowest BCUT2D eigenvalue weighted by molar-refractivity contribution is 0.130. The van der Waals surface area contributed by atoms with E-state index in [1.54, 1.807) is 0 Å². The van der Waals surface area contributed by atoms with Crippen LogP contribution in [0.1, 0.15) is 32.6 Å². The van der Waals surface area contributed by atoms with Gasteiger partial charge in [-0.3, -0.25) is 0 Å². The zero-order valence-corrected chi connectivity index (χ0v) is 6.59. The van der Waals surface area contributed by atoms with Gasteiger partial charge < -0.3 is 5.11 Å². The van der Waals surface area contributed by atoms with E-state index in [2.05, 4.69) is 6.92 Å². The first-order chi connectivity index (χ1) is 4.77. The van der Waals surface area contributed by atoms with E-state index in [-0.39, 0.29) is 6.10 Å². The molecule has 1 N–H and O–H groups in total. The van der Waals surface area contributed by atoms with Crippen molar-refractivity contribution in [2.45, 2.75) is 38.7 Å². The lowest BCUT2D eigenvalue weighted by Gasteiger charge is -2.07. The minimum atomic E-state index is 0.0440. The molecule has 0 aromatic rings. The van der Waals surface area contributed by atoms with E-state index in [1.807, 2.05) is 0 Å². The first kappa shape index (κ1) is 6.66. The highest BCUT2D eigenvalue weighted by Crippen LogP contribution is 2.45. The summed E-state index contributed by atoms with van der Waals surface area (Å²) in [5, 5.41) is 9.57. The maximum atomic E-state index is 9.57. The van der Waals surface area contributed by atoms with Crippen LogP contribution in [-0.2, 0) is 0 Å². The molecule has 2 rings (SSSR count). The monoisotopic (exact) mass is 140 g/mol. The topological polar surface area (TPSA) is 20.2 Å². The smallest absolute Gasteiger partial charge is 0.0573 e. The third-order valence-corrected chi connectivity index (χ3v) is 2.94. The summed E-state index contributed by atoms with van der Waals surface area (Å²) in [5.41, 5.74) is 0. The molecule has 1 heteroatoms. The van der Waals surface area contributed by atoms with Gasteiger partial charge in [0, 0.05) is 0 Å². The molecular formula is C9H16O. The lowest BCUT2D eigenvalue weighted by Crippen LogP contribution is -2.10. The van der Waals surface area contributed by atoms with E-state index in [0.29, 0.717) is 5.92 Å². The summed E-state index contributed by atoms with van der Waals surface area (Å²) in [4.78, 5) is 0. The van der Waals surface area contributed by atoms with Gasteiger partial charge in [0.1, 0.15) is 0 Å². The second kappa shape index (κ2) is 2.23. The number of hydrogen-bond donors (Lipinski definition) is 1. The largest absolute Gasteiger partial charge is 0.393 e. The summed E-state index contributed by atoms with van der Waals surface area (Å²) < 4.78 is 0. The molecule has 0 bridgehead atoms. The Balaban J connectivity index is 1.71. The predicted molar refractivity (Wildman–Crippen MR) is 40.6 cm³/mol. The third kappa shape index (κ3) is 1.34. The van der Waals surface area contributed by atoms with Crippen molar-refractivity contribution in [2.75, 3.05) is 0 Å². The van der Waals surface area contributed by atoms with Crippen LogP contribution in [0.25, 0.3) is 0 Å². The summed E-state index contributed by atoms with van der Waals surface area (Å²) >= 11 is 0. The quantitative estimate of drug-likeness (QED) is 0.633. The summed E-state index contributed by atoms with van der Waals surface area (Å²) in [5.74, 6) is 2.37. The Hall–Kier alpha value is -0.0400. The molecule has 2 aliphatic rings. The van der Waals surface area contributed by atoms with Gasteiger partial charge in [-0.15, -0.1) is 0 Å². The highest BCUT2D eigenvalue weighted by atomic mass is 16.3. The van der Waals surface area contributed by atoms with Crippen LogP contribution in [0.2, 0.25) is 0 Å². The van der Waals surface area contributed by atoms with E-state index in [0.717, 1.165) is 18.3 Å². The molecule has 0 radical (unpaired) electrons. The van der Waals surface area contributed by atoms with Crippen molar-refractivity contribution in [3.63, 3.8) is 0 Å². The predicted octanol–water partition coefficient (Wildman–Crippen LogP) is 1.80. The van der Waals surface area contributed by atoms with Crippen LogP contribution >= 0.6 is 0 Å². The average molecular weight is 140 g/mol. The molecule has 0 spiro atoms. The number of rotatable bonds is 3. The summed E-state index contributed by atoms with van der Waals surface area (Å²) in [7, 11) is 0. The minimum absolute atomic E-state index is 0.0440. The van der Waals surface area contributed by atoms with Crippen molar-refractivity contribution in [3.8, 4) is 0 Å². The number of aliphatic hydroxyl groups excluding tert-OH is 1. The zero-order chi connectivity index (χ0) is 7.14. The van der Waals surface area contributed by atoms with Gasteiger partial charge in [0.2, 0.25) is 0 Å². The van der Waals surface area contributed by atoms with Crippen LogP contribution < -0.4 is 0 Å². The van der Waals surface area contributed by atoms with Gasteiger partial charge in [-0.05, 0) is 30.6 Å². The Morgan fingerprint density at radius 2 is 2.10 bits per heavy atom. The van der Waals surface area contributed by atoms with Crippen molar-refractivity contribution >= 4 is 0 Å². The molecule has 1 nitrogen and oxygen atoms in total. The Morgan fingerprint density at radius 1 is 1.50 bits per heavy atom. The fraction of sp³-hybridized carbons (Fsp3) is 1.00. The molecule has 0 aromatic carbocycles. The Bertz CT molecular complexity index is 129. The highest BCUT2D eigenvalue weighted by Gasteiger charge is 2.40. The first-order valence-corrected chi connectivity index (χ1v) is 4.45. The van der Waals surface area contributed by atoms with E-state index in [9.17, 15) is 5.11 Å². The Kier molecular flexibility index (Phi) is 1.48. The minimum Gasteiger partial charge on any atom is -0.393 e.